The maximum absolute atomic E-state index is 14.0. The summed E-state index contributed by atoms with van der Waals surface area (Å²) in [5, 5.41) is 3.21. The molecule has 5 unspecified atom stereocenters. The van der Waals surface area contributed by atoms with E-state index in [1.54, 1.807) is 0 Å². The minimum atomic E-state index is -8.21. The average molecular weight is 666 g/mol. The predicted molar refractivity (Wildman–Crippen MR) is 64.6 cm³/mol. The van der Waals surface area contributed by atoms with E-state index in [4.69, 9.17) is 0 Å². The molecule has 236 valence electrons. The SMILES string of the molecule is [O-]C(F)(OC(F)(OC(F)(OC(F)(OC(F)(F)C(F)(Cl)C(F)(F)F)C(F)(F)F)C(F)(F)F)C(F)(F)F)C(F)(F)F. The van der Waals surface area contributed by atoms with Gasteiger partial charge >= 0.3 is 60.2 Å². The smallest absolute Gasteiger partial charge is 0.478 e. The summed E-state index contributed by atoms with van der Waals surface area (Å²) in [4.78, 5) is 0. The molecule has 0 saturated heterocycles. The average Bonchev–Trinajstić information content (AvgIpc) is 2.54. The summed E-state index contributed by atoms with van der Waals surface area (Å²) in [5.41, 5.74) is 0. The quantitative estimate of drug-likeness (QED) is 0.167. The highest BCUT2D eigenvalue weighted by molar-refractivity contribution is 6.24. The van der Waals surface area contributed by atoms with Gasteiger partial charge in [-0.25, -0.2) is 23.0 Å². The largest absolute Gasteiger partial charge is 0.795 e. The molecule has 39 heavy (non-hydrogen) atoms. The summed E-state index contributed by atoms with van der Waals surface area (Å²) >= 11 is 3.49. The third kappa shape index (κ3) is 7.45. The van der Waals surface area contributed by atoms with Gasteiger partial charge in [0.25, 0.3) is 0 Å². The fraction of sp³-hybridized carbons (Fsp3) is 1.00. The number of halogens is 23. The number of rotatable bonds is 9. The van der Waals surface area contributed by atoms with Crippen LogP contribution in [-0.2, 0) is 18.9 Å². The molecule has 0 saturated carbocycles. The summed E-state index contributed by atoms with van der Waals surface area (Å²) < 4.78 is 287. The molecule has 5 atom stereocenters. The third-order valence-electron chi connectivity index (χ3n) is 3.12. The molecule has 0 heterocycles. The number of hydrogen-bond acceptors (Lipinski definition) is 5. The van der Waals surface area contributed by atoms with Crippen molar-refractivity contribution in [3.05, 3.63) is 0 Å². The molecule has 0 aliphatic rings. The number of hydrogen-bond donors (Lipinski definition) is 0. The van der Waals surface area contributed by atoms with Crippen LogP contribution in [0.1, 0.15) is 0 Å². The summed E-state index contributed by atoms with van der Waals surface area (Å²) in [6.07, 6.45) is -46.8. The van der Waals surface area contributed by atoms with Crippen LogP contribution in [0.25, 0.3) is 0 Å². The van der Waals surface area contributed by atoms with Crippen LogP contribution in [0.2, 0.25) is 0 Å². The van der Waals surface area contributed by atoms with E-state index < -0.39 is 66.3 Å². The number of ether oxygens (including phenoxy) is 4. The standard InChI is InChI=1S/C11ClF22O5/c12-1(13,2(14,15)16)7(29,30)36-9(32,4(20,21)22)38-11(34,6(26,27)28)39-10(33,5(23,24)25)37-8(31,35)3(17,18)19/q-1. The highest BCUT2D eigenvalue weighted by Crippen LogP contribution is 2.56. The van der Waals surface area contributed by atoms with Gasteiger partial charge in [-0.2, -0.15) is 87.8 Å². The van der Waals surface area contributed by atoms with Crippen LogP contribution in [0.15, 0.2) is 0 Å². The second-order valence-corrected chi connectivity index (χ2v) is 6.65. The van der Waals surface area contributed by atoms with E-state index in [1.165, 1.54) is 18.9 Å². The van der Waals surface area contributed by atoms with Crippen LogP contribution in [-0.4, -0.2) is 66.3 Å². The summed E-state index contributed by atoms with van der Waals surface area (Å²) in [6, 6.07) is -31.7. The zero-order valence-electron chi connectivity index (χ0n) is 16.2. The van der Waals surface area contributed by atoms with Gasteiger partial charge in [-0.15, -0.1) is 0 Å². The minimum Gasteiger partial charge on any atom is -0.795 e. The van der Waals surface area contributed by atoms with E-state index in [0.29, 0.717) is 0 Å². The first-order valence-electron chi connectivity index (χ1n) is 7.68. The molecule has 0 spiro atoms. The Balaban J connectivity index is 7.08. The Morgan fingerprint density at radius 3 is 0.846 bits per heavy atom. The van der Waals surface area contributed by atoms with E-state index in [0.717, 1.165) is 0 Å². The first-order valence-corrected chi connectivity index (χ1v) is 8.06. The lowest BCUT2D eigenvalue weighted by molar-refractivity contribution is -0.707. The molecule has 0 aromatic carbocycles. The normalized spacial score (nSPS) is 22.8. The van der Waals surface area contributed by atoms with Crippen LogP contribution in [0.3, 0.4) is 0 Å². The van der Waals surface area contributed by atoms with Gasteiger partial charge < -0.3 is 5.11 Å². The Bertz CT molecular complexity index is 857. The molecule has 5 nitrogen and oxygen atoms in total. The second kappa shape index (κ2) is 9.83. The molecule has 28 heteroatoms. The summed E-state index contributed by atoms with van der Waals surface area (Å²) in [6.45, 7) is 0. The van der Waals surface area contributed by atoms with E-state index >= 15 is 0 Å². The first-order chi connectivity index (χ1) is 16.3. The van der Waals surface area contributed by atoms with E-state index in [2.05, 4.69) is 11.6 Å². The van der Waals surface area contributed by atoms with E-state index in [-0.39, 0.29) is 0 Å². The lowest BCUT2D eigenvalue weighted by Crippen LogP contribution is -2.67. The third-order valence-corrected chi connectivity index (χ3v) is 3.56. The lowest BCUT2D eigenvalue weighted by atomic mass is 10.3. The molecule has 0 bridgehead atoms. The van der Waals surface area contributed by atoms with Crippen molar-refractivity contribution in [2.24, 2.45) is 0 Å². The molecule has 0 aliphatic carbocycles. The molecule has 0 N–H and O–H groups in total. The maximum atomic E-state index is 14.0. The van der Waals surface area contributed by atoms with Gasteiger partial charge in [-0.1, -0.05) is 11.6 Å². The van der Waals surface area contributed by atoms with Crippen LogP contribution < -0.4 is 5.11 Å². The molecule has 0 rings (SSSR count). The lowest BCUT2D eigenvalue weighted by Gasteiger charge is -2.43. The van der Waals surface area contributed by atoms with Crippen molar-refractivity contribution in [1.82, 2.24) is 0 Å². The van der Waals surface area contributed by atoms with Gasteiger partial charge in [0.05, 0.1) is 0 Å². The van der Waals surface area contributed by atoms with Crippen LogP contribution in [0, 0.1) is 0 Å². The van der Waals surface area contributed by atoms with Crippen molar-refractivity contribution in [3.8, 4) is 0 Å². The van der Waals surface area contributed by atoms with Crippen molar-refractivity contribution >= 4 is 11.6 Å². The Labute approximate surface area is 200 Å². The second-order valence-electron chi connectivity index (χ2n) is 6.13. The van der Waals surface area contributed by atoms with Crippen LogP contribution in [0.5, 0.6) is 0 Å². The Hall–Kier alpha value is -1.45. The van der Waals surface area contributed by atoms with Gasteiger partial charge in [-0.3, -0.25) is 4.74 Å². The topological polar surface area (TPSA) is 60.0 Å². The van der Waals surface area contributed by atoms with Gasteiger partial charge in [0.15, 0.2) is 0 Å². The molecular weight excluding hydrogens is 666 g/mol. The Morgan fingerprint density at radius 2 is 0.615 bits per heavy atom. The van der Waals surface area contributed by atoms with E-state index in [9.17, 15) is 102 Å². The van der Waals surface area contributed by atoms with Crippen molar-refractivity contribution in [2.45, 2.75) is 66.3 Å². The Morgan fingerprint density at radius 1 is 0.359 bits per heavy atom. The molecule has 0 radical (unpaired) electrons. The van der Waals surface area contributed by atoms with Crippen LogP contribution >= 0.6 is 11.6 Å². The van der Waals surface area contributed by atoms with Gasteiger partial charge in [0.1, 0.15) is 0 Å². The van der Waals surface area contributed by atoms with Crippen molar-refractivity contribution in [3.63, 3.8) is 0 Å². The molecule has 0 fully saturated rings. The molecule has 0 aromatic heterocycles. The predicted octanol–water partition coefficient (Wildman–Crippen LogP) is 6.22. The fourth-order valence-corrected chi connectivity index (χ4v) is 1.41. The zero-order chi connectivity index (χ0) is 32.3. The van der Waals surface area contributed by atoms with Crippen molar-refractivity contribution in [1.29, 1.82) is 0 Å². The first kappa shape index (κ1) is 37.6. The van der Waals surface area contributed by atoms with Gasteiger partial charge in [0, 0.05) is 0 Å². The highest BCUT2D eigenvalue weighted by Gasteiger charge is 2.81. The molecule has 0 aromatic rings. The zero-order valence-corrected chi connectivity index (χ0v) is 17.0. The number of alkyl halides is 23. The highest BCUT2D eigenvalue weighted by atomic mass is 35.5. The van der Waals surface area contributed by atoms with E-state index in [1.807, 2.05) is 0 Å². The van der Waals surface area contributed by atoms with Crippen molar-refractivity contribution < 1.29 is 121 Å². The molecule has 0 amide bonds. The van der Waals surface area contributed by atoms with Crippen LogP contribution in [0.4, 0.5) is 96.6 Å². The Kier molecular flexibility index (Phi) is 9.46. The monoisotopic (exact) mass is 665 g/mol. The maximum Gasteiger partial charge on any atom is 0.478 e. The van der Waals surface area contributed by atoms with Crippen molar-refractivity contribution in [2.75, 3.05) is 0 Å². The molecule has 0 aliphatic heterocycles. The molecular formula is C11ClF22O5-. The summed E-state index contributed by atoms with van der Waals surface area (Å²) in [7, 11) is 0. The van der Waals surface area contributed by atoms with Gasteiger partial charge in [0.2, 0.25) is 6.04 Å². The summed E-state index contributed by atoms with van der Waals surface area (Å²) in [5.74, 6) is 0. The fourth-order valence-electron chi connectivity index (χ4n) is 1.37. The minimum absolute atomic E-state index is 1.34. The van der Waals surface area contributed by atoms with Gasteiger partial charge in [-0.05, 0) is 0 Å².